The van der Waals surface area contributed by atoms with E-state index in [0.717, 1.165) is 32.1 Å². The van der Waals surface area contributed by atoms with Crippen molar-refractivity contribution in [3.05, 3.63) is 35.4 Å². The number of amides is 2. The second kappa shape index (κ2) is 5.80. The van der Waals surface area contributed by atoms with Crippen molar-refractivity contribution in [2.24, 2.45) is 11.3 Å². The van der Waals surface area contributed by atoms with Gasteiger partial charge in [-0.3, -0.25) is 4.79 Å². The number of aryl methyl sites for hydroxylation is 1. The molecule has 0 bridgehead atoms. The van der Waals surface area contributed by atoms with E-state index >= 15 is 0 Å². The molecular weight excluding hydrogens is 304 g/mol. The number of carbonyl (C=O) groups is 2. The fourth-order valence-electron chi connectivity index (χ4n) is 4.94. The Hall–Kier alpha value is -2.04. The summed E-state index contributed by atoms with van der Waals surface area (Å²) in [5, 5.41) is 12.8. The molecule has 2 aliphatic carbocycles. The normalized spacial score (nSPS) is 31.4. The molecule has 0 spiro atoms. The zero-order chi connectivity index (χ0) is 16.7. The standard InChI is InChI=1S/C19H24N2O3/c22-17(23)19-10-4-7-14(19)11-21(12-19)18(24)20-16-9-3-6-13-5-1-2-8-15(13)16/h1-2,5,8,14,16H,3-4,6-7,9-12H2,(H,20,24)(H,22,23)/t14-,16?,19+/m0/s1. The van der Waals surface area contributed by atoms with Gasteiger partial charge in [0.2, 0.25) is 0 Å². The van der Waals surface area contributed by atoms with Crippen LogP contribution in [-0.4, -0.2) is 35.1 Å². The first-order chi connectivity index (χ1) is 11.6. The molecule has 1 aromatic carbocycles. The summed E-state index contributed by atoms with van der Waals surface area (Å²) >= 11 is 0. The van der Waals surface area contributed by atoms with Crippen LogP contribution < -0.4 is 5.32 Å². The van der Waals surface area contributed by atoms with Crippen LogP contribution in [-0.2, 0) is 11.2 Å². The van der Waals surface area contributed by atoms with E-state index in [1.165, 1.54) is 11.1 Å². The zero-order valence-corrected chi connectivity index (χ0v) is 13.8. The van der Waals surface area contributed by atoms with Crippen LogP contribution in [0.3, 0.4) is 0 Å². The molecule has 5 nitrogen and oxygen atoms in total. The van der Waals surface area contributed by atoms with Crippen LogP contribution >= 0.6 is 0 Å². The smallest absolute Gasteiger partial charge is 0.317 e. The molecule has 2 amide bonds. The summed E-state index contributed by atoms with van der Waals surface area (Å²) in [6.45, 7) is 0.930. The lowest BCUT2D eigenvalue weighted by Crippen LogP contribution is -2.43. The lowest BCUT2D eigenvalue weighted by atomic mass is 9.81. The van der Waals surface area contributed by atoms with E-state index in [4.69, 9.17) is 0 Å². The molecule has 24 heavy (non-hydrogen) atoms. The molecule has 4 rings (SSSR count). The van der Waals surface area contributed by atoms with Crippen LogP contribution in [0.2, 0.25) is 0 Å². The Morgan fingerprint density at radius 3 is 2.83 bits per heavy atom. The molecule has 1 unspecified atom stereocenters. The second-order valence-electron chi connectivity index (χ2n) is 7.52. The third-order valence-corrected chi connectivity index (χ3v) is 6.25. The van der Waals surface area contributed by atoms with Crippen molar-refractivity contribution < 1.29 is 14.7 Å². The number of carbonyl (C=O) groups excluding carboxylic acids is 1. The van der Waals surface area contributed by atoms with Crippen molar-refractivity contribution in [2.75, 3.05) is 13.1 Å². The highest BCUT2D eigenvalue weighted by molar-refractivity contribution is 5.80. The molecule has 1 aromatic rings. The first-order valence-corrected chi connectivity index (χ1v) is 8.97. The molecule has 128 valence electrons. The number of fused-ring (bicyclic) bond motifs is 2. The van der Waals surface area contributed by atoms with Gasteiger partial charge < -0.3 is 15.3 Å². The lowest BCUT2D eigenvalue weighted by Gasteiger charge is -2.29. The molecule has 2 fully saturated rings. The van der Waals surface area contributed by atoms with Crippen LogP contribution in [0.4, 0.5) is 4.79 Å². The first kappa shape index (κ1) is 15.5. The summed E-state index contributed by atoms with van der Waals surface area (Å²) in [4.78, 5) is 26.2. The number of hydrogen-bond donors (Lipinski definition) is 2. The molecule has 1 heterocycles. The van der Waals surface area contributed by atoms with E-state index in [2.05, 4.69) is 17.4 Å². The zero-order valence-electron chi connectivity index (χ0n) is 13.8. The minimum absolute atomic E-state index is 0.0451. The second-order valence-corrected chi connectivity index (χ2v) is 7.52. The van der Waals surface area contributed by atoms with Crippen molar-refractivity contribution in [3.8, 4) is 0 Å². The summed E-state index contributed by atoms with van der Waals surface area (Å²) in [7, 11) is 0. The van der Waals surface area contributed by atoms with Gasteiger partial charge in [-0.15, -0.1) is 0 Å². The molecule has 0 aromatic heterocycles. The van der Waals surface area contributed by atoms with E-state index in [1.54, 1.807) is 4.90 Å². The van der Waals surface area contributed by atoms with E-state index in [0.29, 0.717) is 19.5 Å². The van der Waals surface area contributed by atoms with E-state index in [1.807, 2.05) is 12.1 Å². The van der Waals surface area contributed by atoms with Crippen LogP contribution in [0.5, 0.6) is 0 Å². The highest BCUT2D eigenvalue weighted by Gasteiger charge is 2.55. The number of likely N-dealkylation sites (tertiary alicyclic amines) is 1. The average molecular weight is 328 g/mol. The van der Waals surface area contributed by atoms with Gasteiger partial charge >= 0.3 is 12.0 Å². The van der Waals surface area contributed by atoms with E-state index < -0.39 is 11.4 Å². The topological polar surface area (TPSA) is 69.6 Å². The maximum absolute atomic E-state index is 12.7. The molecule has 3 atom stereocenters. The van der Waals surface area contributed by atoms with Gasteiger partial charge in [0.05, 0.1) is 11.5 Å². The number of rotatable bonds is 2. The van der Waals surface area contributed by atoms with Crippen molar-refractivity contribution in [1.82, 2.24) is 10.2 Å². The average Bonchev–Trinajstić information content (AvgIpc) is 3.13. The molecule has 1 aliphatic heterocycles. The van der Waals surface area contributed by atoms with Crippen molar-refractivity contribution >= 4 is 12.0 Å². The van der Waals surface area contributed by atoms with Crippen LogP contribution in [0.15, 0.2) is 24.3 Å². The van der Waals surface area contributed by atoms with Crippen molar-refractivity contribution in [2.45, 2.75) is 44.6 Å². The minimum atomic E-state index is -0.733. The molecule has 0 radical (unpaired) electrons. The Balaban J connectivity index is 1.48. The van der Waals surface area contributed by atoms with Gasteiger partial charge in [0.15, 0.2) is 0 Å². The van der Waals surface area contributed by atoms with Gasteiger partial charge in [-0.2, -0.15) is 0 Å². The Labute approximate surface area is 142 Å². The summed E-state index contributed by atoms with van der Waals surface area (Å²) in [5.41, 5.74) is 1.82. The van der Waals surface area contributed by atoms with Gasteiger partial charge in [0.25, 0.3) is 0 Å². The van der Waals surface area contributed by atoms with Gasteiger partial charge in [-0.05, 0) is 49.1 Å². The highest BCUT2D eigenvalue weighted by atomic mass is 16.4. The summed E-state index contributed by atoms with van der Waals surface area (Å²) in [6, 6.07) is 8.23. The fraction of sp³-hybridized carbons (Fsp3) is 0.579. The number of carboxylic acids is 1. The monoisotopic (exact) mass is 328 g/mol. The maximum atomic E-state index is 12.7. The fourth-order valence-corrected chi connectivity index (χ4v) is 4.94. The third kappa shape index (κ3) is 2.38. The van der Waals surface area contributed by atoms with Gasteiger partial charge in [0.1, 0.15) is 0 Å². The van der Waals surface area contributed by atoms with Gasteiger partial charge in [-0.25, -0.2) is 4.79 Å². The predicted molar refractivity (Wildman–Crippen MR) is 89.6 cm³/mol. The Morgan fingerprint density at radius 1 is 1.21 bits per heavy atom. The minimum Gasteiger partial charge on any atom is -0.481 e. The van der Waals surface area contributed by atoms with E-state index in [9.17, 15) is 14.7 Å². The third-order valence-electron chi connectivity index (χ3n) is 6.25. The quantitative estimate of drug-likeness (QED) is 0.877. The van der Waals surface area contributed by atoms with Crippen LogP contribution in [0.25, 0.3) is 0 Å². The molecule has 1 saturated heterocycles. The number of benzene rings is 1. The summed E-state index contributed by atoms with van der Waals surface area (Å²) in [5.74, 6) is -0.622. The predicted octanol–water partition coefficient (Wildman–Crippen LogP) is 2.96. The summed E-state index contributed by atoms with van der Waals surface area (Å²) in [6.07, 6.45) is 5.66. The highest BCUT2D eigenvalue weighted by Crippen LogP contribution is 2.49. The van der Waals surface area contributed by atoms with Crippen molar-refractivity contribution in [1.29, 1.82) is 0 Å². The maximum Gasteiger partial charge on any atom is 0.317 e. The Morgan fingerprint density at radius 2 is 2.04 bits per heavy atom. The lowest BCUT2D eigenvalue weighted by molar-refractivity contribution is -0.149. The number of aliphatic carboxylic acids is 1. The molecule has 5 heteroatoms. The number of hydrogen-bond acceptors (Lipinski definition) is 2. The van der Waals surface area contributed by atoms with Crippen LogP contribution in [0.1, 0.15) is 49.3 Å². The molecular formula is C19H24N2O3. The van der Waals surface area contributed by atoms with Gasteiger partial charge in [-0.1, -0.05) is 30.7 Å². The SMILES string of the molecule is O=C(NC1CCCc2ccccc21)N1C[C@@H]2CCC[C@@]2(C(=O)O)C1. The molecule has 2 N–H and O–H groups in total. The summed E-state index contributed by atoms with van der Waals surface area (Å²) < 4.78 is 0. The number of urea groups is 1. The van der Waals surface area contributed by atoms with E-state index in [-0.39, 0.29) is 18.0 Å². The number of carboxylic acid groups (broad SMARTS) is 1. The van der Waals surface area contributed by atoms with Crippen molar-refractivity contribution in [3.63, 3.8) is 0 Å². The molecule has 1 saturated carbocycles. The Bertz CT molecular complexity index is 674. The molecule has 3 aliphatic rings. The van der Waals surface area contributed by atoms with Gasteiger partial charge in [0, 0.05) is 13.1 Å². The largest absolute Gasteiger partial charge is 0.481 e. The Kier molecular flexibility index (Phi) is 3.74. The number of nitrogens with one attached hydrogen (secondary N) is 1. The van der Waals surface area contributed by atoms with Crippen LogP contribution in [0, 0.1) is 11.3 Å². The first-order valence-electron chi connectivity index (χ1n) is 8.97. The number of nitrogens with zero attached hydrogens (tertiary/aromatic N) is 1.